The number of benzene rings is 2. The Balaban J connectivity index is 1.75. The lowest BCUT2D eigenvalue weighted by atomic mass is 9.86. The molecule has 7 nitrogen and oxygen atoms in total. The molecule has 0 radical (unpaired) electrons. The van der Waals surface area contributed by atoms with Crippen molar-refractivity contribution in [1.82, 2.24) is 15.2 Å². The molecular formula is C27H31N3O4. The Hall–Kier alpha value is -3.87. The van der Waals surface area contributed by atoms with E-state index in [1.165, 1.54) is 11.6 Å². The van der Waals surface area contributed by atoms with Crippen molar-refractivity contribution in [2.75, 3.05) is 7.05 Å². The second kappa shape index (κ2) is 10.4. The lowest BCUT2D eigenvalue weighted by Crippen LogP contribution is -2.53. The molecule has 0 fully saturated rings. The SMILES string of the molecule is CNC(=O)[C@@H](NC(=O)C[C@H](C(=O)O)n1ccc(-c2ccc(-c3ccccc3)cc2)c1)C(C)(C)C. The largest absolute Gasteiger partial charge is 0.480 e. The fourth-order valence-electron chi connectivity index (χ4n) is 3.80. The number of aromatic nitrogens is 1. The van der Waals surface area contributed by atoms with E-state index in [1.807, 2.05) is 81.4 Å². The van der Waals surface area contributed by atoms with Crippen molar-refractivity contribution in [3.8, 4) is 22.3 Å². The summed E-state index contributed by atoms with van der Waals surface area (Å²) in [6.07, 6.45) is 3.09. The van der Waals surface area contributed by atoms with Gasteiger partial charge in [0.2, 0.25) is 11.8 Å². The summed E-state index contributed by atoms with van der Waals surface area (Å²) in [5.41, 5.74) is 3.48. The quantitative estimate of drug-likeness (QED) is 0.470. The van der Waals surface area contributed by atoms with Gasteiger partial charge in [0.05, 0.1) is 6.42 Å². The van der Waals surface area contributed by atoms with E-state index < -0.39 is 29.4 Å². The minimum atomic E-state index is -1.12. The van der Waals surface area contributed by atoms with Crippen LogP contribution in [0.15, 0.2) is 73.1 Å². The lowest BCUT2D eigenvalue weighted by Gasteiger charge is -2.30. The second-order valence-electron chi connectivity index (χ2n) is 9.33. The fourth-order valence-corrected chi connectivity index (χ4v) is 3.80. The van der Waals surface area contributed by atoms with Crippen LogP contribution in [-0.4, -0.2) is 40.5 Å². The van der Waals surface area contributed by atoms with Gasteiger partial charge in [-0.15, -0.1) is 0 Å². The topological polar surface area (TPSA) is 100 Å². The predicted molar refractivity (Wildman–Crippen MR) is 132 cm³/mol. The van der Waals surface area contributed by atoms with Crippen LogP contribution in [-0.2, 0) is 14.4 Å². The molecule has 3 aromatic rings. The second-order valence-corrected chi connectivity index (χ2v) is 9.33. The highest BCUT2D eigenvalue weighted by Gasteiger charge is 2.33. The van der Waals surface area contributed by atoms with Crippen LogP contribution in [0.4, 0.5) is 0 Å². The average Bonchev–Trinajstić information content (AvgIpc) is 3.30. The standard InChI is InChI=1S/C27H31N3O4/c1-27(2,3)24(25(32)28-4)29-23(31)16-22(26(33)34)30-15-14-21(17-30)20-12-10-19(11-13-20)18-8-6-5-7-9-18/h5-15,17,22,24H,16H2,1-4H3,(H,28,32)(H,29,31)(H,33,34)/t22-,24-/m1/s1. The highest BCUT2D eigenvalue weighted by atomic mass is 16.4. The third-order valence-electron chi connectivity index (χ3n) is 5.74. The summed E-state index contributed by atoms with van der Waals surface area (Å²) in [6, 6.07) is 18.0. The summed E-state index contributed by atoms with van der Waals surface area (Å²) in [5.74, 6) is -1.95. The van der Waals surface area contributed by atoms with Crippen LogP contribution in [0.2, 0.25) is 0 Å². The molecule has 0 saturated heterocycles. The Morgan fingerprint density at radius 2 is 1.44 bits per heavy atom. The maximum atomic E-state index is 12.7. The van der Waals surface area contributed by atoms with Crippen molar-refractivity contribution < 1.29 is 19.5 Å². The van der Waals surface area contributed by atoms with Gasteiger partial charge in [0, 0.05) is 19.4 Å². The molecule has 178 valence electrons. The number of nitrogens with one attached hydrogen (secondary N) is 2. The van der Waals surface area contributed by atoms with Gasteiger partial charge >= 0.3 is 5.97 Å². The smallest absolute Gasteiger partial charge is 0.327 e. The minimum absolute atomic E-state index is 0.292. The first-order valence-corrected chi connectivity index (χ1v) is 11.2. The van der Waals surface area contributed by atoms with E-state index in [0.717, 1.165) is 22.3 Å². The Morgan fingerprint density at radius 3 is 1.97 bits per heavy atom. The number of nitrogens with zero attached hydrogens (tertiary/aromatic N) is 1. The Labute approximate surface area is 199 Å². The summed E-state index contributed by atoms with van der Waals surface area (Å²) in [5, 5.41) is 15.0. The minimum Gasteiger partial charge on any atom is -0.480 e. The molecule has 0 bridgehead atoms. The molecule has 2 amide bonds. The van der Waals surface area contributed by atoms with E-state index in [9.17, 15) is 19.5 Å². The Morgan fingerprint density at radius 1 is 0.882 bits per heavy atom. The van der Waals surface area contributed by atoms with Crippen molar-refractivity contribution in [1.29, 1.82) is 0 Å². The first-order valence-electron chi connectivity index (χ1n) is 11.2. The zero-order chi connectivity index (χ0) is 24.9. The molecule has 0 aliphatic carbocycles. The molecule has 1 heterocycles. The van der Waals surface area contributed by atoms with Crippen molar-refractivity contribution >= 4 is 17.8 Å². The highest BCUT2D eigenvalue weighted by molar-refractivity contribution is 5.90. The summed E-state index contributed by atoms with van der Waals surface area (Å²) in [6.45, 7) is 5.51. The molecule has 3 rings (SSSR count). The van der Waals surface area contributed by atoms with Crippen LogP contribution >= 0.6 is 0 Å². The Bertz CT molecular complexity index is 1140. The predicted octanol–water partition coefficient (Wildman–Crippen LogP) is 4.11. The van der Waals surface area contributed by atoms with Crippen LogP contribution in [0.25, 0.3) is 22.3 Å². The number of hydrogen-bond acceptors (Lipinski definition) is 3. The lowest BCUT2D eigenvalue weighted by molar-refractivity contribution is -0.143. The van der Waals surface area contributed by atoms with Gasteiger partial charge in [0.1, 0.15) is 12.1 Å². The molecule has 1 aromatic heterocycles. The number of rotatable bonds is 8. The van der Waals surface area contributed by atoms with Crippen molar-refractivity contribution in [3.05, 3.63) is 73.1 Å². The van der Waals surface area contributed by atoms with Crippen LogP contribution in [0.1, 0.15) is 33.2 Å². The molecule has 0 spiro atoms. The summed E-state index contributed by atoms with van der Waals surface area (Å²) in [7, 11) is 1.50. The highest BCUT2D eigenvalue weighted by Crippen LogP contribution is 2.27. The molecule has 0 aliphatic rings. The molecule has 0 unspecified atom stereocenters. The Kier molecular flexibility index (Phi) is 7.56. The van der Waals surface area contributed by atoms with E-state index in [1.54, 1.807) is 12.4 Å². The summed E-state index contributed by atoms with van der Waals surface area (Å²) in [4.78, 5) is 36.9. The van der Waals surface area contributed by atoms with Gasteiger partial charge < -0.3 is 20.3 Å². The molecule has 7 heteroatoms. The van der Waals surface area contributed by atoms with E-state index in [2.05, 4.69) is 10.6 Å². The maximum Gasteiger partial charge on any atom is 0.327 e. The third kappa shape index (κ3) is 5.92. The first kappa shape index (κ1) is 24.8. The molecule has 3 N–H and O–H groups in total. The van der Waals surface area contributed by atoms with Crippen LogP contribution in [0, 0.1) is 5.41 Å². The first-order chi connectivity index (χ1) is 16.1. The molecule has 34 heavy (non-hydrogen) atoms. The van der Waals surface area contributed by atoms with Gasteiger partial charge in [-0.1, -0.05) is 75.4 Å². The normalized spacial score (nSPS) is 13.1. The number of likely N-dealkylation sites (N-methyl/N-ethyl adjacent to an activating group) is 1. The van der Waals surface area contributed by atoms with E-state index >= 15 is 0 Å². The van der Waals surface area contributed by atoms with E-state index in [4.69, 9.17) is 0 Å². The monoisotopic (exact) mass is 461 g/mol. The van der Waals surface area contributed by atoms with Crippen molar-refractivity contribution in [3.63, 3.8) is 0 Å². The van der Waals surface area contributed by atoms with Gasteiger partial charge in [-0.2, -0.15) is 0 Å². The third-order valence-corrected chi connectivity index (χ3v) is 5.74. The van der Waals surface area contributed by atoms with Gasteiger partial charge in [-0.25, -0.2) is 4.79 Å². The number of carboxylic acids is 1. The summed E-state index contributed by atoms with van der Waals surface area (Å²) < 4.78 is 1.52. The molecular weight excluding hydrogens is 430 g/mol. The van der Waals surface area contributed by atoms with E-state index in [-0.39, 0.29) is 12.3 Å². The van der Waals surface area contributed by atoms with Crippen LogP contribution in [0.5, 0.6) is 0 Å². The van der Waals surface area contributed by atoms with Crippen LogP contribution in [0.3, 0.4) is 0 Å². The number of aliphatic carboxylic acids is 1. The zero-order valence-corrected chi connectivity index (χ0v) is 19.9. The fraction of sp³-hybridized carbons (Fsp3) is 0.296. The van der Waals surface area contributed by atoms with Crippen molar-refractivity contribution in [2.24, 2.45) is 5.41 Å². The number of carbonyl (C=O) groups is 3. The number of carboxylic acid groups (broad SMARTS) is 1. The number of hydrogen-bond donors (Lipinski definition) is 3. The zero-order valence-electron chi connectivity index (χ0n) is 19.9. The summed E-state index contributed by atoms with van der Waals surface area (Å²) >= 11 is 0. The molecule has 2 aromatic carbocycles. The maximum absolute atomic E-state index is 12.7. The number of carbonyl (C=O) groups excluding carboxylic acids is 2. The van der Waals surface area contributed by atoms with Crippen LogP contribution < -0.4 is 10.6 Å². The molecule has 2 atom stereocenters. The van der Waals surface area contributed by atoms with Gasteiger partial charge in [-0.3, -0.25) is 9.59 Å². The number of amides is 2. The van der Waals surface area contributed by atoms with Gasteiger partial charge in [0.15, 0.2) is 0 Å². The van der Waals surface area contributed by atoms with Gasteiger partial charge in [-0.05, 0) is 33.7 Å². The van der Waals surface area contributed by atoms with Gasteiger partial charge in [0.25, 0.3) is 0 Å². The molecule has 0 aliphatic heterocycles. The average molecular weight is 462 g/mol. The van der Waals surface area contributed by atoms with Crippen molar-refractivity contribution in [2.45, 2.75) is 39.3 Å². The van der Waals surface area contributed by atoms with E-state index in [0.29, 0.717) is 0 Å². The molecule has 0 saturated carbocycles.